The number of nitrogens with zero attached hydrogens (tertiary/aromatic N) is 1. The molecular weight excluding hydrogens is 393 g/mol. The number of halogens is 4. The number of rotatable bonds is 5. The summed E-state index contributed by atoms with van der Waals surface area (Å²) in [6.45, 7) is -0.940. The highest BCUT2D eigenvalue weighted by Gasteiger charge is 2.35. The molecule has 0 atom stereocenters. The molecule has 0 spiro atoms. The van der Waals surface area contributed by atoms with E-state index in [1.54, 1.807) is 0 Å². The molecule has 2 rings (SSSR count). The summed E-state index contributed by atoms with van der Waals surface area (Å²) in [6.07, 6.45) is -4.78. The second-order valence-corrected chi connectivity index (χ2v) is 5.52. The summed E-state index contributed by atoms with van der Waals surface area (Å²) >= 11 is 5.64. The van der Waals surface area contributed by atoms with Crippen LogP contribution >= 0.6 is 11.6 Å². The van der Waals surface area contributed by atoms with Crippen molar-refractivity contribution < 1.29 is 32.4 Å². The van der Waals surface area contributed by atoms with Gasteiger partial charge in [-0.2, -0.15) is 13.2 Å². The Balaban J connectivity index is 2.07. The Morgan fingerprint density at radius 3 is 2.48 bits per heavy atom. The van der Waals surface area contributed by atoms with Crippen molar-refractivity contribution in [3.63, 3.8) is 0 Å². The summed E-state index contributed by atoms with van der Waals surface area (Å²) in [5.41, 5.74) is -2.66. The van der Waals surface area contributed by atoms with Gasteiger partial charge < -0.3 is 10.1 Å². The maximum atomic E-state index is 12.9. The lowest BCUT2D eigenvalue weighted by Crippen LogP contribution is -2.22. The Morgan fingerprint density at radius 2 is 1.85 bits per heavy atom. The van der Waals surface area contributed by atoms with Gasteiger partial charge in [0, 0.05) is 11.1 Å². The Morgan fingerprint density at radius 1 is 1.19 bits per heavy atom. The lowest BCUT2D eigenvalue weighted by Gasteiger charge is -2.12. The molecule has 27 heavy (non-hydrogen) atoms. The second kappa shape index (κ2) is 8.04. The number of hydrogen-bond donors (Lipinski definition) is 1. The minimum Gasteiger partial charge on any atom is -0.452 e. The van der Waals surface area contributed by atoms with Crippen LogP contribution in [0.1, 0.15) is 15.9 Å². The Bertz CT molecular complexity index is 902. The van der Waals surface area contributed by atoms with E-state index in [4.69, 9.17) is 11.6 Å². The molecule has 0 saturated heterocycles. The molecular formula is C16H10ClF3N2O5. The van der Waals surface area contributed by atoms with Crippen LogP contribution in [0.3, 0.4) is 0 Å². The predicted molar refractivity (Wildman–Crippen MR) is 88.5 cm³/mol. The first kappa shape index (κ1) is 20.2. The number of amides is 1. The number of esters is 1. The van der Waals surface area contributed by atoms with Gasteiger partial charge in [0.15, 0.2) is 6.61 Å². The van der Waals surface area contributed by atoms with Crippen molar-refractivity contribution in [2.24, 2.45) is 0 Å². The Hall–Kier alpha value is -3.14. The van der Waals surface area contributed by atoms with Crippen LogP contribution in [0.25, 0.3) is 0 Å². The SMILES string of the molecule is O=C(COC(=O)c1ccccc1C(F)(F)F)Nc1ccc(Cl)cc1[N+](=O)[O-]. The topological polar surface area (TPSA) is 98.5 Å². The van der Waals surface area contributed by atoms with Gasteiger partial charge in [0.25, 0.3) is 11.6 Å². The van der Waals surface area contributed by atoms with E-state index in [0.717, 1.165) is 18.2 Å². The molecule has 1 N–H and O–H groups in total. The summed E-state index contributed by atoms with van der Waals surface area (Å²) in [5.74, 6) is -2.33. The van der Waals surface area contributed by atoms with Crippen molar-refractivity contribution in [1.82, 2.24) is 0 Å². The molecule has 1 amide bonds. The fourth-order valence-electron chi connectivity index (χ4n) is 2.06. The lowest BCUT2D eigenvalue weighted by molar-refractivity contribution is -0.383. The van der Waals surface area contributed by atoms with Gasteiger partial charge in [0.2, 0.25) is 0 Å². The first-order valence-corrected chi connectivity index (χ1v) is 7.54. The van der Waals surface area contributed by atoms with E-state index >= 15 is 0 Å². The zero-order valence-corrected chi connectivity index (χ0v) is 14.0. The summed E-state index contributed by atoms with van der Waals surface area (Å²) < 4.78 is 43.2. The number of carbonyl (C=O) groups excluding carboxylic acids is 2. The minimum atomic E-state index is -4.78. The molecule has 0 aliphatic carbocycles. The third-order valence-electron chi connectivity index (χ3n) is 3.22. The molecule has 7 nitrogen and oxygen atoms in total. The summed E-state index contributed by atoms with van der Waals surface area (Å²) in [4.78, 5) is 33.8. The maximum Gasteiger partial charge on any atom is 0.417 e. The van der Waals surface area contributed by atoms with E-state index < -0.39 is 46.4 Å². The van der Waals surface area contributed by atoms with E-state index in [0.29, 0.717) is 6.07 Å². The summed E-state index contributed by atoms with van der Waals surface area (Å²) in [7, 11) is 0. The fraction of sp³-hybridized carbons (Fsp3) is 0.125. The van der Waals surface area contributed by atoms with Crippen LogP contribution in [0.5, 0.6) is 0 Å². The third-order valence-corrected chi connectivity index (χ3v) is 3.45. The second-order valence-electron chi connectivity index (χ2n) is 5.09. The molecule has 11 heteroatoms. The van der Waals surface area contributed by atoms with Crippen LogP contribution < -0.4 is 5.32 Å². The molecule has 0 saturated carbocycles. The normalized spacial score (nSPS) is 11.0. The number of benzene rings is 2. The predicted octanol–water partition coefficient (Wildman–Crippen LogP) is 4.06. The van der Waals surface area contributed by atoms with Crippen LogP contribution in [-0.2, 0) is 15.7 Å². The Labute approximate surface area is 154 Å². The van der Waals surface area contributed by atoms with Gasteiger partial charge in [0.05, 0.1) is 16.1 Å². The van der Waals surface area contributed by atoms with E-state index in [1.165, 1.54) is 18.2 Å². The van der Waals surface area contributed by atoms with E-state index in [2.05, 4.69) is 10.1 Å². The molecule has 0 heterocycles. The number of nitro groups is 1. The van der Waals surface area contributed by atoms with E-state index in [1.807, 2.05) is 0 Å². The Kier molecular flexibility index (Phi) is 6.01. The van der Waals surface area contributed by atoms with Crippen molar-refractivity contribution in [3.05, 3.63) is 68.7 Å². The molecule has 2 aromatic rings. The number of ether oxygens (including phenoxy) is 1. The molecule has 0 fully saturated rings. The van der Waals surface area contributed by atoms with Crippen molar-refractivity contribution in [2.75, 3.05) is 11.9 Å². The third kappa shape index (κ3) is 5.17. The zero-order valence-electron chi connectivity index (χ0n) is 13.2. The highest BCUT2D eigenvalue weighted by Crippen LogP contribution is 2.32. The number of nitrogens with one attached hydrogen (secondary N) is 1. The molecule has 0 aliphatic heterocycles. The van der Waals surface area contributed by atoms with Gasteiger partial charge >= 0.3 is 12.1 Å². The number of carbonyl (C=O) groups is 2. The van der Waals surface area contributed by atoms with Gasteiger partial charge in [-0.1, -0.05) is 23.7 Å². The van der Waals surface area contributed by atoms with Crippen molar-refractivity contribution >= 4 is 34.9 Å². The largest absolute Gasteiger partial charge is 0.452 e. The molecule has 0 radical (unpaired) electrons. The smallest absolute Gasteiger partial charge is 0.417 e. The number of hydrogen-bond acceptors (Lipinski definition) is 5. The monoisotopic (exact) mass is 402 g/mol. The van der Waals surface area contributed by atoms with Crippen LogP contribution in [-0.4, -0.2) is 23.4 Å². The minimum absolute atomic E-state index is 0.0647. The van der Waals surface area contributed by atoms with Crippen LogP contribution in [0.4, 0.5) is 24.5 Å². The number of nitro benzene ring substituents is 1. The van der Waals surface area contributed by atoms with Crippen molar-refractivity contribution in [2.45, 2.75) is 6.18 Å². The molecule has 2 aromatic carbocycles. The summed E-state index contributed by atoms with van der Waals surface area (Å²) in [5, 5.41) is 13.1. The van der Waals surface area contributed by atoms with E-state index in [9.17, 15) is 32.9 Å². The highest BCUT2D eigenvalue weighted by atomic mass is 35.5. The van der Waals surface area contributed by atoms with Gasteiger partial charge in [-0.3, -0.25) is 14.9 Å². The first-order valence-electron chi connectivity index (χ1n) is 7.16. The van der Waals surface area contributed by atoms with Crippen LogP contribution in [0, 0.1) is 10.1 Å². The average molecular weight is 403 g/mol. The lowest BCUT2D eigenvalue weighted by atomic mass is 10.1. The highest BCUT2D eigenvalue weighted by molar-refractivity contribution is 6.31. The van der Waals surface area contributed by atoms with Crippen molar-refractivity contribution in [1.29, 1.82) is 0 Å². The van der Waals surface area contributed by atoms with Gasteiger partial charge in [-0.15, -0.1) is 0 Å². The van der Waals surface area contributed by atoms with Gasteiger partial charge in [0.1, 0.15) is 5.69 Å². The first-order chi connectivity index (χ1) is 12.6. The maximum absolute atomic E-state index is 12.9. The molecule has 0 aliphatic rings. The van der Waals surface area contributed by atoms with Crippen molar-refractivity contribution in [3.8, 4) is 0 Å². The quantitative estimate of drug-likeness (QED) is 0.462. The van der Waals surface area contributed by atoms with Gasteiger partial charge in [-0.05, 0) is 24.3 Å². The molecule has 0 bridgehead atoms. The molecule has 0 unspecified atom stereocenters. The average Bonchev–Trinajstić information content (AvgIpc) is 2.60. The number of alkyl halides is 3. The molecule has 142 valence electrons. The van der Waals surface area contributed by atoms with E-state index in [-0.39, 0.29) is 10.7 Å². The summed E-state index contributed by atoms with van der Waals surface area (Å²) in [6, 6.07) is 7.38. The van der Waals surface area contributed by atoms with Crippen LogP contribution in [0.15, 0.2) is 42.5 Å². The number of anilines is 1. The van der Waals surface area contributed by atoms with Gasteiger partial charge in [-0.25, -0.2) is 4.79 Å². The van der Waals surface area contributed by atoms with Crippen LogP contribution in [0.2, 0.25) is 5.02 Å². The fourth-order valence-corrected chi connectivity index (χ4v) is 2.23. The zero-order chi connectivity index (χ0) is 20.2. The molecule has 0 aromatic heterocycles. The standard InChI is InChI=1S/C16H10ClF3N2O5/c17-9-5-6-12(13(7-9)22(25)26)21-14(23)8-27-15(24)10-3-1-2-4-11(10)16(18,19)20/h1-7H,8H2,(H,21,23).